The predicted molar refractivity (Wildman–Crippen MR) is 43.7 cm³/mol. The molecule has 0 amide bonds. The molecule has 0 aromatic carbocycles. The molecule has 1 heterocycles. The summed E-state index contributed by atoms with van der Waals surface area (Å²) in [6, 6.07) is 0. The zero-order valence-electron chi connectivity index (χ0n) is 5.77. The van der Waals surface area contributed by atoms with Crippen molar-refractivity contribution in [2.24, 2.45) is 4.99 Å². The maximum atomic E-state index is 3.60. The Labute approximate surface area is 60.9 Å². The molecule has 0 N–H and O–H groups in total. The molecule has 0 spiro atoms. The highest BCUT2D eigenvalue weighted by atomic mass is 15.1. The molecule has 2 heteroatoms. The highest BCUT2D eigenvalue weighted by Gasteiger charge is 1.91. The van der Waals surface area contributed by atoms with E-state index in [-0.39, 0.29) is 0 Å². The Morgan fingerprint density at radius 3 is 3.00 bits per heavy atom. The van der Waals surface area contributed by atoms with E-state index in [2.05, 4.69) is 17.8 Å². The summed E-state index contributed by atoms with van der Waals surface area (Å²) in [4.78, 5) is 5.62. The van der Waals surface area contributed by atoms with Crippen LogP contribution in [-0.2, 0) is 0 Å². The van der Waals surface area contributed by atoms with Gasteiger partial charge in [0.05, 0.1) is 0 Å². The van der Waals surface area contributed by atoms with Gasteiger partial charge in [0, 0.05) is 25.1 Å². The number of allylic oxidation sites excluding steroid dienone is 2. The third-order valence-electron chi connectivity index (χ3n) is 1.20. The van der Waals surface area contributed by atoms with Crippen molar-refractivity contribution in [1.82, 2.24) is 4.90 Å². The van der Waals surface area contributed by atoms with Gasteiger partial charge in [-0.3, -0.25) is 4.99 Å². The average molecular weight is 134 g/mol. The molecule has 0 aliphatic carbocycles. The molecule has 0 saturated heterocycles. The first kappa shape index (κ1) is 6.81. The monoisotopic (exact) mass is 134 g/mol. The smallest absolute Gasteiger partial charge is 0.0423 e. The van der Waals surface area contributed by atoms with Crippen molar-refractivity contribution < 1.29 is 0 Å². The number of hydrogen-bond acceptors (Lipinski definition) is 2. The third-order valence-corrected chi connectivity index (χ3v) is 1.20. The lowest BCUT2D eigenvalue weighted by Gasteiger charge is -2.13. The molecule has 0 saturated carbocycles. The molecule has 1 aliphatic heterocycles. The van der Waals surface area contributed by atoms with Crippen molar-refractivity contribution in [3.05, 3.63) is 36.8 Å². The Balaban J connectivity index is 2.43. The first-order valence-electron chi connectivity index (χ1n) is 3.15. The molecular formula is C8H10N2. The van der Waals surface area contributed by atoms with E-state index < -0.39 is 0 Å². The van der Waals surface area contributed by atoms with Crippen LogP contribution in [0.15, 0.2) is 41.8 Å². The molecular weight excluding hydrogens is 124 g/mol. The minimum Gasteiger partial charge on any atom is -0.349 e. The second kappa shape index (κ2) is 3.67. The second-order valence-corrected chi connectivity index (χ2v) is 1.95. The summed E-state index contributed by atoms with van der Waals surface area (Å²) in [5.41, 5.74) is 0. The summed E-state index contributed by atoms with van der Waals surface area (Å²) in [6.45, 7) is 4.26. The molecule has 0 bridgehead atoms. The van der Waals surface area contributed by atoms with E-state index in [0.29, 0.717) is 0 Å². The number of aliphatic imine (C=N–C) groups is 1. The lowest BCUT2D eigenvalue weighted by molar-refractivity contribution is 0.559. The van der Waals surface area contributed by atoms with E-state index in [4.69, 9.17) is 0 Å². The van der Waals surface area contributed by atoms with Crippen molar-refractivity contribution in [3.63, 3.8) is 0 Å². The molecule has 52 valence electrons. The van der Waals surface area contributed by atoms with E-state index >= 15 is 0 Å². The summed E-state index contributed by atoms with van der Waals surface area (Å²) in [7, 11) is 0. The highest BCUT2D eigenvalue weighted by Crippen LogP contribution is 1.98. The quantitative estimate of drug-likeness (QED) is 0.523. The predicted octanol–water partition coefficient (Wildman–Crippen LogP) is 1.54. The van der Waals surface area contributed by atoms with Crippen LogP contribution >= 0.6 is 0 Å². The van der Waals surface area contributed by atoms with Crippen molar-refractivity contribution >= 4 is 6.72 Å². The van der Waals surface area contributed by atoms with E-state index in [1.54, 1.807) is 6.20 Å². The first-order valence-corrected chi connectivity index (χ1v) is 3.15. The maximum Gasteiger partial charge on any atom is 0.0423 e. The maximum absolute atomic E-state index is 3.60. The van der Waals surface area contributed by atoms with Crippen molar-refractivity contribution in [2.45, 2.75) is 0 Å². The molecule has 1 aliphatic rings. The average Bonchev–Trinajstić information content (AvgIpc) is 2.03. The van der Waals surface area contributed by atoms with Gasteiger partial charge in [0.15, 0.2) is 0 Å². The van der Waals surface area contributed by atoms with Gasteiger partial charge in [0.1, 0.15) is 0 Å². The van der Waals surface area contributed by atoms with Gasteiger partial charge in [-0.05, 0) is 12.8 Å². The van der Waals surface area contributed by atoms with Crippen LogP contribution in [0.3, 0.4) is 0 Å². The Bertz CT molecular complexity index is 189. The van der Waals surface area contributed by atoms with Gasteiger partial charge in [0.2, 0.25) is 0 Å². The topological polar surface area (TPSA) is 15.6 Å². The third kappa shape index (κ3) is 1.90. The van der Waals surface area contributed by atoms with Crippen molar-refractivity contribution in [3.8, 4) is 0 Å². The highest BCUT2D eigenvalue weighted by molar-refractivity contribution is 5.25. The lowest BCUT2D eigenvalue weighted by atomic mass is 10.4. The van der Waals surface area contributed by atoms with Crippen LogP contribution in [0.2, 0.25) is 0 Å². The minimum atomic E-state index is 0.919. The van der Waals surface area contributed by atoms with Crippen LogP contribution in [-0.4, -0.2) is 18.2 Å². The zero-order valence-corrected chi connectivity index (χ0v) is 5.77. The van der Waals surface area contributed by atoms with Crippen molar-refractivity contribution in [2.75, 3.05) is 6.54 Å². The van der Waals surface area contributed by atoms with Gasteiger partial charge in [-0.1, -0.05) is 12.2 Å². The molecule has 1 rings (SSSR count). The summed E-state index contributed by atoms with van der Waals surface area (Å²) < 4.78 is 0. The van der Waals surface area contributed by atoms with Crippen LogP contribution in [0.5, 0.6) is 0 Å². The Morgan fingerprint density at radius 1 is 1.50 bits per heavy atom. The van der Waals surface area contributed by atoms with Gasteiger partial charge < -0.3 is 4.90 Å². The Hall–Kier alpha value is -1.31. The van der Waals surface area contributed by atoms with Gasteiger partial charge >= 0.3 is 0 Å². The first-order chi connectivity index (χ1) is 4.93. The molecule has 0 atom stereocenters. The molecule has 0 aromatic rings. The standard InChI is InChI=1S/C8H10N2/c1-9-5-8-10-6-3-2-4-7-10/h2-6,8H,1,7H2/b8-5-. The Morgan fingerprint density at radius 2 is 2.40 bits per heavy atom. The minimum absolute atomic E-state index is 0.919. The fourth-order valence-corrected chi connectivity index (χ4v) is 0.726. The zero-order chi connectivity index (χ0) is 7.23. The fourth-order valence-electron chi connectivity index (χ4n) is 0.726. The second-order valence-electron chi connectivity index (χ2n) is 1.95. The summed E-state index contributed by atoms with van der Waals surface area (Å²) in [5.74, 6) is 0. The largest absolute Gasteiger partial charge is 0.349 e. The summed E-state index contributed by atoms with van der Waals surface area (Å²) >= 11 is 0. The molecule has 0 unspecified atom stereocenters. The SMILES string of the molecule is C=N/C=C\N1C=CC=CC1. The van der Waals surface area contributed by atoms with E-state index in [9.17, 15) is 0 Å². The summed E-state index contributed by atoms with van der Waals surface area (Å²) in [6.07, 6.45) is 11.6. The van der Waals surface area contributed by atoms with E-state index in [0.717, 1.165) is 6.54 Å². The van der Waals surface area contributed by atoms with E-state index in [1.807, 2.05) is 29.5 Å². The van der Waals surface area contributed by atoms with E-state index in [1.165, 1.54) is 0 Å². The van der Waals surface area contributed by atoms with Crippen LogP contribution in [0, 0.1) is 0 Å². The normalized spacial score (nSPS) is 16.6. The summed E-state index contributed by atoms with van der Waals surface area (Å²) in [5, 5.41) is 0. The van der Waals surface area contributed by atoms with Gasteiger partial charge in [-0.25, -0.2) is 0 Å². The molecule has 0 aromatic heterocycles. The molecule has 10 heavy (non-hydrogen) atoms. The number of nitrogens with zero attached hydrogens (tertiary/aromatic N) is 2. The number of rotatable bonds is 2. The molecule has 2 nitrogen and oxygen atoms in total. The van der Waals surface area contributed by atoms with Gasteiger partial charge in [0.25, 0.3) is 0 Å². The van der Waals surface area contributed by atoms with Gasteiger partial charge in [-0.15, -0.1) is 0 Å². The Kier molecular flexibility index (Phi) is 2.49. The van der Waals surface area contributed by atoms with Crippen LogP contribution < -0.4 is 0 Å². The van der Waals surface area contributed by atoms with Crippen molar-refractivity contribution in [1.29, 1.82) is 0 Å². The lowest BCUT2D eigenvalue weighted by Crippen LogP contribution is -2.10. The van der Waals surface area contributed by atoms with Gasteiger partial charge in [-0.2, -0.15) is 0 Å². The van der Waals surface area contributed by atoms with Crippen LogP contribution in [0.1, 0.15) is 0 Å². The molecule has 0 fully saturated rings. The fraction of sp³-hybridized carbons (Fsp3) is 0.125. The van der Waals surface area contributed by atoms with Crippen LogP contribution in [0.4, 0.5) is 0 Å². The van der Waals surface area contributed by atoms with Crippen LogP contribution in [0.25, 0.3) is 0 Å². The molecule has 0 radical (unpaired) electrons. The number of hydrogen-bond donors (Lipinski definition) is 0.